The van der Waals surface area contributed by atoms with Crippen LogP contribution in [-0.2, 0) is 19.6 Å². The molecule has 5 nitrogen and oxygen atoms in total. The van der Waals surface area contributed by atoms with Crippen LogP contribution in [0.3, 0.4) is 0 Å². The third-order valence-corrected chi connectivity index (χ3v) is 6.42. The van der Waals surface area contributed by atoms with E-state index in [1.54, 1.807) is 6.07 Å². The minimum Gasteiger partial charge on any atom is -0.467 e. The number of halogens is 3. The van der Waals surface area contributed by atoms with Crippen LogP contribution in [0, 0.1) is 5.92 Å². The SMILES string of the molecule is COC(=O)[C@]1(C(F)(F)F)[C@@H]2C=C[C@@H](C2)N1S(=O)(=O)c1ccccc1. The van der Waals surface area contributed by atoms with Crippen molar-refractivity contribution >= 4 is 16.0 Å². The first-order valence-electron chi connectivity index (χ1n) is 7.10. The molecule has 2 bridgehead atoms. The second-order valence-corrected chi connectivity index (χ2v) is 7.48. The van der Waals surface area contributed by atoms with Gasteiger partial charge in [0.05, 0.1) is 12.0 Å². The Morgan fingerprint density at radius 2 is 1.88 bits per heavy atom. The number of rotatable bonds is 3. The van der Waals surface area contributed by atoms with Crippen molar-refractivity contribution in [1.29, 1.82) is 0 Å². The van der Waals surface area contributed by atoms with Crippen molar-refractivity contribution in [2.75, 3.05) is 7.11 Å². The summed E-state index contributed by atoms with van der Waals surface area (Å²) in [4.78, 5) is 11.9. The molecule has 0 spiro atoms. The smallest absolute Gasteiger partial charge is 0.419 e. The molecule has 0 aromatic heterocycles. The predicted octanol–water partition coefficient (Wildman–Crippen LogP) is 2.11. The minimum atomic E-state index is -5.12. The van der Waals surface area contributed by atoms with Gasteiger partial charge in [-0.1, -0.05) is 30.4 Å². The second kappa shape index (κ2) is 5.32. The van der Waals surface area contributed by atoms with Gasteiger partial charge in [0, 0.05) is 12.0 Å². The molecule has 1 aromatic carbocycles. The van der Waals surface area contributed by atoms with Crippen molar-refractivity contribution in [2.24, 2.45) is 5.92 Å². The molecule has 9 heteroatoms. The standard InChI is InChI=1S/C15H14F3NO4S/c1-23-13(20)14(15(16,17)18)10-7-8-11(9-10)19(14)24(21,22)12-5-3-2-4-6-12/h2-8,10-11H,9H2,1H3/t10-,11+,14+/m1/s1. The lowest BCUT2D eigenvalue weighted by Crippen LogP contribution is -2.67. The number of nitrogens with zero attached hydrogens (tertiary/aromatic N) is 1. The van der Waals surface area contributed by atoms with Crippen LogP contribution in [0.4, 0.5) is 13.2 Å². The van der Waals surface area contributed by atoms with Gasteiger partial charge in [0.2, 0.25) is 15.6 Å². The molecule has 0 radical (unpaired) electrons. The monoisotopic (exact) mass is 361 g/mol. The summed E-state index contributed by atoms with van der Waals surface area (Å²) in [6.45, 7) is 0. The van der Waals surface area contributed by atoms with E-state index in [1.807, 2.05) is 0 Å². The van der Waals surface area contributed by atoms with Crippen molar-refractivity contribution in [1.82, 2.24) is 4.31 Å². The number of alkyl halides is 3. The molecule has 1 heterocycles. The lowest BCUT2D eigenvalue weighted by Gasteiger charge is -2.41. The molecule has 1 aromatic rings. The van der Waals surface area contributed by atoms with Gasteiger partial charge in [-0.3, -0.25) is 0 Å². The largest absolute Gasteiger partial charge is 0.467 e. The van der Waals surface area contributed by atoms with E-state index in [2.05, 4.69) is 4.74 Å². The Morgan fingerprint density at radius 3 is 2.42 bits per heavy atom. The molecule has 1 aliphatic carbocycles. The number of esters is 1. The summed E-state index contributed by atoms with van der Waals surface area (Å²) >= 11 is 0. The molecule has 3 atom stereocenters. The van der Waals surface area contributed by atoms with Crippen molar-refractivity contribution in [3.05, 3.63) is 42.5 Å². The number of carbonyl (C=O) groups is 1. The number of benzene rings is 1. The van der Waals surface area contributed by atoms with Crippen LogP contribution in [-0.4, -0.2) is 43.6 Å². The number of ether oxygens (including phenoxy) is 1. The molecule has 1 aliphatic heterocycles. The van der Waals surface area contributed by atoms with Crippen LogP contribution >= 0.6 is 0 Å². The Labute approximate surface area is 136 Å². The van der Waals surface area contributed by atoms with Crippen LogP contribution < -0.4 is 0 Å². The number of sulfonamides is 1. The number of hydrogen-bond acceptors (Lipinski definition) is 4. The Balaban J connectivity index is 2.25. The highest BCUT2D eigenvalue weighted by molar-refractivity contribution is 7.89. The summed E-state index contributed by atoms with van der Waals surface area (Å²) < 4.78 is 72.3. The van der Waals surface area contributed by atoms with E-state index in [4.69, 9.17) is 0 Å². The van der Waals surface area contributed by atoms with Gasteiger partial charge in [0.25, 0.3) is 0 Å². The second-order valence-electron chi connectivity index (χ2n) is 5.66. The number of carbonyl (C=O) groups excluding carboxylic acids is 1. The van der Waals surface area contributed by atoms with Gasteiger partial charge < -0.3 is 4.74 Å². The summed E-state index contributed by atoms with van der Waals surface area (Å²) in [6.07, 6.45) is -2.60. The van der Waals surface area contributed by atoms with Crippen molar-refractivity contribution in [2.45, 2.75) is 29.1 Å². The Hall–Kier alpha value is -1.87. The highest BCUT2D eigenvalue weighted by Gasteiger charge is 2.76. The van der Waals surface area contributed by atoms with Gasteiger partial charge in [0.1, 0.15) is 0 Å². The van der Waals surface area contributed by atoms with E-state index < -0.39 is 39.7 Å². The molecule has 0 unspecified atom stereocenters. The molecular formula is C15H14F3NO4S. The predicted molar refractivity (Wildman–Crippen MR) is 77.3 cm³/mol. The third kappa shape index (κ3) is 2.04. The van der Waals surface area contributed by atoms with E-state index in [0.717, 1.165) is 7.11 Å². The molecule has 1 fully saturated rings. The van der Waals surface area contributed by atoms with Gasteiger partial charge in [0.15, 0.2) is 0 Å². The zero-order valence-corrected chi connectivity index (χ0v) is 13.3. The van der Waals surface area contributed by atoms with Crippen LogP contribution in [0.5, 0.6) is 0 Å². The summed E-state index contributed by atoms with van der Waals surface area (Å²) in [7, 11) is -3.74. The first-order chi connectivity index (χ1) is 11.2. The molecule has 0 N–H and O–H groups in total. The maximum absolute atomic E-state index is 14.0. The van der Waals surface area contributed by atoms with Crippen LogP contribution in [0.1, 0.15) is 6.42 Å². The summed E-state index contributed by atoms with van der Waals surface area (Å²) in [5, 5.41) is 0. The molecule has 1 saturated heterocycles. The average molecular weight is 361 g/mol. The van der Waals surface area contributed by atoms with Crippen LogP contribution in [0.2, 0.25) is 0 Å². The van der Waals surface area contributed by atoms with Gasteiger partial charge in [-0.25, -0.2) is 13.2 Å². The Kier molecular flexibility index (Phi) is 3.76. The molecule has 0 saturated carbocycles. The first kappa shape index (κ1) is 17.0. The van der Waals surface area contributed by atoms with E-state index >= 15 is 0 Å². The fraction of sp³-hybridized carbons (Fsp3) is 0.400. The van der Waals surface area contributed by atoms with Gasteiger partial charge in [-0.2, -0.15) is 17.5 Å². The topological polar surface area (TPSA) is 63.7 Å². The van der Waals surface area contributed by atoms with Gasteiger partial charge in [-0.05, 0) is 18.6 Å². The zero-order valence-electron chi connectivity index (χ0n) is 12.5. The maximum Gasteiger partial charge on any atom is 0.419 e. The molecule has 24 heavy (non-hydrogen) atoms. The summed E-state index contributed by atoms with van der Waals surface area (Å²) in [5.74, 6) is -2.93. The molecule has 2 aliphatic rings. The number of fused-ring (bicyclic) bond motifs is 2. The quantitative estimate of drug-likeness (QED) is 0.611. The average Bonchev–Trinajstić information content (AvgIpc) is 3.14. The highest BCUT2D eigenvalue weighted by atomic mass is 32.2. The Morgan fingerprint density at radius 1 is 1.25 bits per heavy atom. The van der Waals surface area contributed by atoms with Crippen molar-refractivity contribution in [3.8, 4) is 0 Å². The first-order valence-corrected chi connectivity index (χ1v) is 8.54. The Bertz CT molecular complexity index is 791. The normalized spacial score (nSPS) is 29.8. The van der Waals surface area contributed by atoms with E-state index in [-0.39, 0.29) is 15.6 Å². The molecule has 0 amide bonds. The number of methoxy groups -OCH3 is 1. The van der Waals surface area contributed by atoms with Crippen molar-refractivity contribution in [3.63, 3.8) is 0 Å². The third-order valence-electron chi connectivity index (χ3n) is 4.48. The fourth-order valence-electron chi connectivity index (χ4n) is 3.51. The highest BCUT2D eigenvalue weighted by Crippen LogP contribution is 2.55. The van der Waals surface area contributed by atoms with Gasteiger partial charge >= 0.3 is 12.1 Å². The van der Waals surface area contributed by atoms with Crippen molar-refractivity contribution < 1.29 is 31.1 Å². The zero-order chi connectivity index (χ0) is 17.8. The lowest BCUT2D eigenvalue weighted by molar-refractivity contribution is -0.230. The lowest BCUT2D eigenvalue weighted by atomic mass is 9.85. The maximum atomic E-state index is 14.0. The van der Waals surface area contributed by atoms with Gasteiger partial charge in [-0.15, -0.1) is 0 Å². The number of hydrogen-bond donors (Lipinski definition) is 0. The summed E-state index contributed by atoms with van der Waals surface area (Å²) in [5.41, 5.74) is -3.24. The van der Waals surface area contributed by atoms with E-state index in [0.29, 0.717) is 0 Å². The summed E-state index contributed by atoms with van der Waals surface area (Å²) in [6, 6.07) is 5.72. The molecule has 3 rings (SSSR count). The molecule has 130 valence electrons. The minimum absolute atomic E-state index is 0.110. The van der Waals surface area contributed by atoms with E-state index in [9.17, 15) is 26.4 Å². The van der Waals surface area contributed by atoms with Crippen LogP contribution in [0.25, 0.3) is 0 Å². The fourth-order valence-corrected chi connectivity index (χ4v) is 5.44. The van der Waals surface area contributed by atoms with E-state index in [1.165, 1.54) is 36.4 Å². The van der Waals surface area contributed by atoms with Crippen LogP contribution in [0.15, 0.2) is 47.4 Å². The molecular weight excluding hydrogens is 347 g/mol.